The van der Waals surface area contributed by atoms with Crippen molar-refractivity contribution in [1.29, 1.82) is 0 Å². The van der Waals surface area contributed by atoms with Gasteiger partial charge in [-0.3, -0.25) is 9.80 Å². The van der Waals surface area contributed by atoms with Gasteiger partial charge in [-0.05, 0) is 65.3 Å². The van der Waals surface area contributed by atoms with E-state index in [2.05, 4.69) is 5.10 Å². The van der Waals surface area contributed by atoms with E-state index >= 15 is 0 Å². The van der Waals surface area contributed by atoms with Crippen LogP contribution in [0.15, 0.2) is 41.5 Å². The van der Waals surface area contributed by atoms with Crippen LogP contribution in [0.3, 0.4) is 0 Å². The molecule has 1 unspecified atom stereocenters. The van der Waals surface area contributed by atoms with Crippen molar-refractivity contribution < 1.29 is 18.0 Å². The van der Waals surface area contributed by atoms with Gasteiger partial charge in [-0.2, -0.15) is 30.0 Å². The molecule has 2 aromatic rings. The zero-order chi connectivity index (χ0) is 23.3. The number of hydrogen-bond donors (Lipinski definition) is 0. The Hall–Kier alpha value is -1.70. The molecule has 2 aliphatic heterocycles. The Morgan fingerprint density at radius 2 is 1.84 bits per heavy atom. The van der Waals surface area contributed by atoms with Crippen LogP contribution >= 0.6 is 35.0 Å². The van der Waals surface area contributed by atoms with Gasteiger partial charge in [-0.15, -0.1) is 0 Å². The van der Waals surface area contributed by atoms with Crippen molar-refractivity contribution in [3.05, 3.63) is 68.7 Å². The summed E-state index contributed by atoms with van der Waals surface area (Å²) in [6.07, 6.45) is -4.52. The first-order valence-corrected chi connectivity index (χ1v) is 12.0. The van der Waals surface area contributed by atoms with Crippen molar-refractivity contribution in [2.45, 2.75) is 31.5 Å². The van der Waals surface area contributed by atoms with Crippen LogP contribution in [0.5, 0.6) is 0 Å². The Labute approximate surface area is 199 Å². The van der Waals surface area contributed by atoms with Gasteiger partial charge in [0.15, 0.2) is 11.3 Å². The normalized spacial score (nSPS) is 21.5. The van der Waals surface area contributed by atoms with Gasteiger partial charge in [0.1, 0.15) is 0 Å². The summed E-state index contributed by atoms with van der Waals surface area (Å²) in [5.41, 5.74) is -0.254. The van der Waals surface area contributed by atoms with Gasteiger partial charge in [0.05, 0.1) is 5.71 Å². The highest BCUT2D eigenvalue weighted by molar-refractivity contribution is 8.00. The van der Waals surface area contributed by atoms with E-state index in [4.69, 9.17) is 23.2 Å². The molecule has 32 heavy (non-hydrogen) atoms. The van der Waals surface area contributed by atoms with Gasteiger partial charge >= 0.3 is 6.18 Å². The molecule has 1 atom stereocenters. The Morgan fingerprint density at radius 3 is 2.38 bits per heavy atom. The topological polar surface area (TPSA) is 32.7 Å². The molecule has 0 saturated carbocycles. The predicted octanol–water partition coefficient (Wildman–Crippen LogP) is 6.74. The fraction of sp³-hybridized carbons (Fsp3) is 0.391. The third-order valence-electron chi connectivity index (χ3n) is 6.10. The summed E-state index contributed by atoms with van der Waals surface area (Å²) in [6, 6.07) is 9.08. The number of benzene rings is 2. The highest BCUT2D eigenvalue weighted by atomic mass is 35.5. The van der Waals surface area contributed by atoms with Crippen molar-refractivity contribution in [2.75, 3.05) is 18.6 Å². The fourth-order valence-corrected chi connectivity index (χ4v) is 5.61. The highest BCUT2D eigenvalue weighted by Gasteiger charge is 2.62. The molecule has 1 fully saturated rings. The molecule has 0 aliphatic carbocycles. The van der Waals surface area contributed by atoms with Crippen LogP contribution in [0, 0.1) is 12.8 Å². The molecule has 0 amide bonds. The van der Waals surface area contributed by atoms with Crippen molar-refractivity contribution in [2.24, 2.45) is 11.0 Å². The van der Waals surface area contributed by atoms with Crippen LogP contribution in [0.1, 0.15) is 39.9 Å². The molecule has 2 heterocycles. The molecule has 9 heteroatoms. The monoisotopic (exact) mass is 500 g/mol. The standard InChI is InChI=1S/C23H21Cl2F3N2OS/c1-13-5-15(3-4-19(13)21(31)6-14-11-32-12-14)20-10-22(23(26,27)28,30(2)29-20)16-7-17(24)9-18(25)8-16/h3-5,7-9,14H,6,10-12H2,1-2H3. The quantitative estimate of drug-likeness (QED) is 0.426. The number of alkyl halides is 3. The fourth-order valence-electron chi connectivity index (χ4n) is 4.28. The Kier molecular flexibility index (Phi) is 6.29. The van der Waals surface area contributed by atoms with E-state index < -0.39 is 18.1 Å². The second-order valence-electron chi connectivity index (χ2n) is 8.32. The molecule has 4 rings (SSSR count). The minimum atomic E-state index is -4.63. The van der Waals surface area contributed by atoms with Crippen LogP contribution in [0.2, 0.25) is 10.0 Å². The van der Waals surface area contributed by atoms with Crippen molar-refractivity contribution in [1.82, 2.24) is 5.01 Å². The second-order valence-corrected chi connectivity index (χ2v) is 10.3. The Balaban J connectivity index is 1.66. The van der Waals surface area contributed by atoms with Gasteiger partial charge in [-0.1, -0.05) is 35.3 Å². The maximum Gasteiger partial charge on any atom is 0.417 e. The largest absolute Gasteiger partial charge is 0.417 e. The number of aryl methyl sites for hydroxylation is 1. The van der Waals surface area contributed by atoms with Crippen LogP contribution in [-0.4, -0.2) is 41.2 Å². The lowest BCUT2D eigenvalue weighted by Crippen LogP contribution is -2.50. The number of hydrogen-bond acceptors (Lipinski definition) is 4. The third-order valence-corrected chi connectivity index (χ3v) is 7.95. The summed E-state index contributed by atoms with van der Waals surface area (Å²) in [4.78, 5) is 12.6. The Morgan fingerprint density at radius 1 is 1.19 bits per heavy atom. The summed E-state index contributed by atoms with van der Waals surface area (Å²) >= 11 is 13.9. The number of ketones is 1. The number of rotatable bonds is 5. The lowest BCUT2D eigenvalue weighted by atomic mass is 9.83. The molecule has 0 N–H and O–H groups in total. The third kappa shape index (κ3) is 4.15. The van der Waals surface area contributed by atoms with E-state index in [0.29, 0.717) is 29.2 Å². The zero-order valence-corrected chi connectivity index (χ0v) is 19.8. The number of halogens is 5. The molecule has 1 saturated heterocycles. The average molecular weight is 501 g/mol. The van der Waals surface area contributed by atoms with Crippen molar-refractivity contribution >= 4 is 46.5 Å². The van der Waals surface area contributed by atoms with Gasteiger partial charge in [0, 0.05) is 35.5 Å². The minimum absolute atomic E-state index is 0.0642. The van der Waals surface area contributed by atoms with Crippen LogP contribution in [-0.2, 0) is 5.54 Å². The first kappa shape index (κ1) is 23.5. The number of nitrogens with zero attached hydrogens (tertiary/aromatic N) is 2. The maximum absolute atomic E-state index is 14.5. The Bertz CT molecular complexity index is 1080. The number of carbonyl (C=O) groups excluding carboxylic acids is 1. The summed E-state index contributed by atoms with van der Waals surface area (Å²) < 4.78 is 43.4. The lowest BCUT2D eigenvalue weighted by Gasteiger charge is -2.37. The first-order valence-electron chi connectivity index (χ1n) is 10.1. The minimum Gasteiger partial charge on any atom is -0.294 e. The molecular weight excluding hydrogens is 480 g/mol. The molecule has 0 bridgehead atoms. The molecule has 0 radical (unpaired) electrons. The average Bonchev–Trinajstić information content (AvgIpc) is 3.02. The molecule has 2 aromatic carbocycles. The summed E-state index contributed by atoms with van der Waals surface area (Å²) in [5, 5.41) is 5.45. The van der Waals surface area contributed by atoms with Crippen LogP contribution in [0.4, 0.5) is 13.2 Å². The number of thioether (sulfide) groups is 1. The number of carbonyl (C=O) groups is 1. The number of hydrazone groups is 1. The van der Waals surface area contributed by atoms with E-state index in [9.17, 15) is 18.0 Å². The van der Waals surface area contributed by atoms with E-state index in [0.717, 1.165) is 22.1 Å². The van der Waals surface area contributed by atoms with E-state index in [1.807, 2.05) is 11.8 Å². The second kappa shape index (κ2) is 8.58. The molecular formula is C23H21Cl2F3N2OS. The maximum atomic E-state index is 14.5. The molecule has 170 valence electrons. The van der Waals surface area contributed by atoms with E-state index in [1.54, 1.807) is 25.1 Å². The molecule has 3 nitrogen and oxygen atoms in total. The van der Waals surface area contributed by atoms with Crippen molar-refractivity contribution in [3.8, 4) is 0 Å². The van der Waals surface area contributed by atoms with Gasteiger partial charge in [0.2, 0.25) is 0 Å². The molecule has 0 aromatic heterocycles. The molecule has 2 aliphatic rings. The molecule has 0 spiro atoms. The summed E-state index contributed by atoms with van der Waals surface area (Å²) in [7, 11) is 1.30. The lowest BCUT2D eigenvalue weighted by molar-refractivity contribution is -0.227. The smallest absolute Gasteiger partial charge is 0.294 e. The van der Waals surface area contributed by atoms with Crippen LogP contribution in [0.25, 0.3) is 0 Å². The van der Waals surface area contributed by atoms with Gasteiger partial charge in [0.25, 0.3) is 0 Å². The summed E-state index contributed by atoms with van der Waals surface area (Å²) in [6.45, 7) is 1.80. The highest BCUT2D eigenvalue weighted by Crippen LogP contribution is 2.50. The predicted molar refractivity (Wildman–Crippen MR) is 124 cm³/mol. The van der Waals surface area contributed by atoms with E-state index in [-0.39, 0.29) is 21.4 Å². The van der Waals surface area contributed by atoms with Gasteiger partial charge in [-0.25, -0.2) is 0 Å². The van der Waals surface area contributed by atoms with Crippen molar-refractivity contribution in [3.63, 3.8) is 0 Å². The van der Waals surface area contributed by atoms with Crippen LogP contribution < -0.4 is 0 Å². The SMILES string of the molecule is Cc1cc(C2=NN(C)C(c3cc(Cl)cc(Cl)c3)(C(F)(F)F)C2)ccc1C(=O)CC1CSC1. The first-order chi connectivity index (χ1) is 15.0. The van der Waals surface area contributed by atoms with E-state index in [1.165, 1.54) is 25.2 Å². The van der Waals surface area contributed by atoms with Gasteiger partial charge < -0.3 is 0 Å². The zero-order valence-electron chi connectivity index (χ0n) is 17.5. The number of Topliss-reactive ketones (excluding diaryl/α,β-unsaturated/α-hetero) is 1. The summed E-state index contributed by atoms with van der Waals surface area (Å²) in [5.74, 6) is 2.48.